The van der Waals surface area contributed by atoms with E-state index >= 15 is 0 Å². The van der Waals surface area contributed by atoms with Crippen molar-refractivity contribution >= 4 is 12.2 Å². The fraction of sp³-hybridized carbons (Fsp3) is 0.467. The minimum absolute atomic E-state index is 0.203. The van der Waals surface area contributed by atoms with E-state index in [0.29, 0.717) is 0 Å². The zero-order valence-corrected chi connectivity index (χ0v) is 12.4. The molecular formula is C15H20N2O4. The molecule has 0 spiro atoms. The van der Waals surface area contributed by atoms with Crippen LogP contribution in [0, 0.1) is 0 Å². The topological polar surface area (TPSA) is 76.7 Å². The zero-order chi connectivity index (χ0) is 15.5. The lowest BCUT2D eigenvalue weighted by Gasteiger charge is -2.26. The first-order chi connectivity index (χ1) is 9.85. The summed E-state index contributed by atoms with van der Waals surface area (Å²) in [5.74, 6) is 0. The fourth-order valence-corrected chi connectivity index (χ4v) is 2.09. The van der Waals surface area contributed by atoms with Gasteiger partial charge in [-0.15, -0.1) is 0 Å². The number of ether oxygens (including phenoxy) is 2. The van der Waals surface area contributed by atoms with Crippen LogP contribution in [0.25, 0.3) is 0 Å². The molecule has 0 radical (unpaired) electrons. The molecule has 0 saturated carbocycles. The van der Waals surface area contributed by atoms with Crippen molar-refractivity contribution in [1.82, 2.24) is 10.6 Å². The number of carbonyl (C=O) groups is 2. The molecule has 2 amide bonds. The van der Waals surface area contributed by atoms with Crippen LogP contribution in [0.15, 0.2) is 30.3 Å². The van der Waals surface area contributed by atoms with Crippen LogP contribution in [0.4, 0.5) is 9.59 Å². The number of hydrogen-bond acceptors (Lipinski definition) is 4. The molecule has 1 aliphatic rings. The predicted octanol–water partition coefficient (Wildman–Crippen LogP) is 2.36. The summed E-state index contributed by atoms with van der Waals surface area (Å²) in [6.07, 6.45) is -1.01. The second-order valence-electron chi connectivity index (χ2n) is 5.88. The highest BCUT2D eigenvalue weighted by atomic mass is 16.6. The second kappa shape index (κ2) is 6.03. The van der Waals surface area contributed by atoms with E-state index in [1.807, 2.05) is 30.3 Å². The summed E-state index contributed by atoms with van der Waals surface area (Å²) >= 11 is 0. The molecule has 2 N–H and O–H groups in total. The minimum Gasteiger partial charge on any atom is -0.447 e. The minimum atomic E-state index is -0.583. The first-order valence-corrected chi connectivity index (χ1v) is 6.83. The molecule has 2 rings (SSSR count). The van der Waals surface area contributed by atoms with Gasteiger partial charge < -0.3 is 20.1 Å². The van der Waals surface area contributed by atoms with Crippen LogP contribution < -0.4 is 10.6 Å². The van der Waals surface area contributed by atoms with E-state index in [0.717, 1.165) is 5.56 Å². The quantitative estimate of drug-likeness (QED) is 0.896. The normalized spacial score (nSPS) is 19.4. The fourth-order valence-electron chi connectivity index (χ4n) is 2.09. The number of hydrogen-bond donors (Lipinski definition) is 2. The zero-order valence-electron chi connectivity index (χ0n) is 12.4. The molecule has 0 aliphatic carbocycles. The van der Waals surface area contributed by atoms with Crippen LogP contribution in [0.3, 0.4) is 0 Å². The molecule has 1 aromatic rings. The highest BCUT2D eigenvalue weighted by molar-refractivity contribution is 5.71. The third-order valence-corrected chi connectivity index (χ3v) is 2.93. The SMILES string of the molecule is CC(C)(C)OC(=O)NC(c1ccccc1)C1COC(=O)N1. The summed E-state index contributed by atoms with van der Waals surface area (Å²) < 4.78 is 10.2. The van der Waals surface area contributed by atoms with E-state index in [1.54, 1.807) is 20.8 Å². The van der Waals surface area contributed by atoms with Crippen LogP contribution in [0.5, 0.6) is 0 Å². The second-order valence-corrected chi connectivity index (χ2v) is 5.88. The number of amides is 2. The molecule has 6 nitrogen and oxygen atoms in total. The van der Waals surface area contributed by atoms with Crippen LogP contribution in [0.2, 0.25) is 0 Å². The number of alkyl carbamates (subject to hydrolysis) is 2. The van der Waals surface area contributed by atoms with Crippen molar-refractivity contribution in [3.8, 4) is 0 Å². The van der Waals surface area contributed by atoms with Crippen LogP contribution in [0.1, 0.15) is 32.4 Å². The maximum Gasteiger partial charge on any atom is 0.408 e. The van der Waals surface area contributed by atoms with Crippen molar-refractivity contribution in [3.05, 3.63) is 35.9 Å². The predicted molar refractivity (Wildman–Crippen MR) is 76.8 cm³/mol. The Labute approximate surface area is 123 Å². The van der Waals surface area contributed by atoms with Crippen LogP contribution in [-0.2, 0) is 9.47 Å². The van der Waals surface area contributed by atoms with Gasteiger partial charge in [0, 0.05) is 0 Å². The number of cyclic esters (lactones) is 1. The molecule has 0 bridgehead atoms. The molecule has 1 aliphatic heterocycles. The summed E-state index contributed by atoms with van der Waals surface area (Å²) in [6, 6.07) is 8.66. The van der Waals surface area contributed by atoms with Crippen molar-refractivity contribution in [3.63, 3.8) is 0 Å². The van der Waals surface area contributed by atoms with Gasteiger partial charge >= 0.3 is 12.2 Å². The number of carbonyl (C=O) groups excluding carboxylic acids is 2. The van der Waals surface area contributed by atoms with E-state index in [2.05, 4.69) is 10.6 Å². The molecule has 0 aromatic heterocycles. The summed E-state index contributed by atoms with van der Waals surface area (Å²) in [4.78, 5) is 23.2. The first-order valence-electron chi connectivity index (χ1n) is 6.83. The van der Waals surface area contributed by atoms with Gasteiger partial charge in [-0.1, -0.05) is 30.3 Å². The third kappa shape index (κ3) is 4.37. The van der Waals surface area contributed by atoms with Gasteiger partial charge in [-0.05, 0) is 26.3 Å². The standard InChI is InChI=1S/C15H20N2O4/c1-15(2,3)21-14(19)17-12(10-7-5-4-6-8-10)11-9-20-13(18)16-11/h4-8,11-12H,9H2,1-3H3,(H,16,18)(H,17,19). The first kappa shape index (κ1) is 15.2. The average molecular weight is 292 g/mol. The van der Waals surface area contributed by atoms with E-state index in [-0.39, 0.29) is 12.6 Å². The molecular weight excluding hydrogens is 272 g/mol. The van der Waals surface area contributed by atoms with Gasteiger partial charge in [-0.2, -0.15) is 0 Å². The Morgan fingerprint density at radius 2 is 2.05 bits per heavy atom. The van der Waals surface area contributed by atoms with E-state index in [1.165, 1.54) is 0 Å². The lowest BCUT2D eigenvalue weighted by molar-refractivity contribution is 0.0492. The molecule has 2 atom stereocenters. The maximum absolute atomic E-state index is 12.0. The van der Waals surface area contributed by atoms with Crippen LogP contribution >= 0.6 is 0 Å². The summed E-state index contributed by atoms with van der Waals surface area (Å²) in [5, 5.41) is 5.49. The number of nitrogens with one attached hydrogen (secondary N) is 2. The maximum atomic E-state index is 12.0. The highest BCUT2D eigenvalue weighted by Crippen LogP contribution is 2.21. The van der Waals surface area contributed by atoms with Crippen molar-refractivity contribution < 1.29 is 19.1 Å². The van der Waals surface area contributed by atoms with Gasteiger partial charge in [0.2, 0.25) is 0 Å². The van der Waals surface area contributed by atoms with Crippen molar-refractivity contribution in [1.29, 1.82) is 0 Å². The Morgan fingerprint density at radius 1 is 1.38 bits per heavy atom. The van der Waals surface area contributed by atoms with E-state index in [9.17, 15) is 9.59 Å². The van der Waals surface area contributed by atoms with Gasteiger partial charge in [0.05, 0.1) is 12.1 Å². The molecule has 1 heterocycles. The average Bonchev–Trinajstić information content (AvgIpc) is 2.81. The monoisotopic (exact) mass is 292 g/mol. The van der Waals surface area contributed by atoms with E-state index < -0.39 is 23.8 Å². The smallest absolute Gasteiger partial charge is 0.408 e. The third-order valence-electron chi connectivity index (χ3n) is 2.93. The molecule has 1 fully saturated rings. The molecule has 6 heteroatoms. The highest BCUT2D eigenvalue weighted by Gasteiger charge is 2.33. The van der Waals surface area contributed by atoms with Crippen LogP contribution in [-0.4, -0.2) is 30.4 Å². The Hall–Kier alpha value is -2.24. The largest absolute Gasteiger partial charge is 0.447 e. The molecule has 1 saturated heterocycles. The van der Waals surface area contributed by atoms with E-state index in [4.69, 9.17) is 9.47 Å². The number of benzene rings is 1. The molecule has 21 heavy (non-hydrogen) atoms. The van der Waals surface area contributed by atoms with Gasteiger partial charge in [0.25, 0.3) is 0 Å². The summed E-state index contributed by atoms with van der Waals surface area (Å²) in [6.45, 7) is 5.59. The Bertz CT molecular complexity index is 510. The Morgan fingerprint density at radius 3 is 2.57 bits per heavy atom. The van der Waals surface area contributed by atoms with Crippen molar-refractivity contribution in [2.24, 2.45) is 0 Å². The van der Waals surface area contributed by atoms with Gasteiger partial charge in [-0.3, -0.25) is 0 Å². The van der Waals surface area contributed by atoms with Gasteiger partial charge in [-0.25, -0.2) is 9.59 Å². The summed E-state index contributed by atoms with van der Waals surface area (Å²) in [7, 11) is 0. The lowest BCUT2D eigenvalue weighted by atomic mass is 10.0. The Balaban J connectivity index is 2.13. The summed E-state index contributed by atoms with van der Waals surface area (Å²) in [5.41, 5.74) is 0.292. The van der Waals surface area contributed by atoms with Crippen molar-refractivity contribution in [2.45, 2.75) is 38.5 Å². The lowest BCUT2D eigenvalue weighted by Crippen LogP contribution is -2.44. The van der Waals surface area contributed by atoms with Gasteiger partial charge in [0.1, 0.15) is 12.2 Å². The van der Waals surface area contributed by atoms with Crippen molar-refractivity contribution in [2.75, 3.05) is 6.61 Å². The Kier molecular flexibility index (Phi) is 4.35. The molecule has 114 valence electrons. The molecule has 1 aromatic carbocycles. The molecule has 2 unspecified atom stereocenters. The number of rotatable bonds is 3. The van der Waals surface area contributed by atoms with Gasteiger partial charge in [0.15, 0.2) is 0 Å².